The molecule has 3 rings (SSSR count). The van der Waals surface area contributed by atoms with E-state index in [2.05, 4.69) is 10.2 Å². The van der Waals surface area contributed by atoms with E-state index in [1.165, 1.54) is 12.8 Å². The monoisotopic (exact) mass is 401 g/mol. The van der Waals surface area contributed by atoms with Crippen molar-refractivity contribution in [2.45, 2.75) is 52.5 Å². The first-order valence-corrected chi connectivity index (χ1v) is 10.8. The Balaban J connectivity index is 1.67. The SMILES string of the molecule is COc1ccc(NC(=O)[C@H](C2CCCC2)N2CCN(C(=O)C(C)(C)C)CC2)cc1. The number of carbonyl (C=O) groups is 2. The molecule has 1 aliphatic heterocycles. The number of anilines is 1. The molecule has 1 N–H and O–H groups in total. The number of nitrogens with zero attached hydrogens (tertiary/aromatic N) is 2. The van der Waals surface area contributed by atoms with Crippen LogP contribution in [0.4, 0.5) is 5.69 Å². The van der Waals surface area contributed by atoms with E-state index in [1.54, 1.807) is 7.11 Å². The fourth-order valence-electron chi connectivity index (χ4n) is 4.52. The summed E-state index contributed by atoms with van der Waals surface area (Å²) in [5.74, 6) is 1.42. The first-order chi connectivity index (χ1) is 13.8. The number of rotatable bonds is 5. The van der Waals surface area contributed by atoms with Crippen molar-refractivity contribution in [3.05, 3.63) is 24.3 Å². The van der Waals surface area contributed by atoms with Crippen molar-refractivity contribution in [1.29, 1.82) is 0 Å². The fourth-order valence-corrected chi connectivity index (χ4v) is 4.52. The van der Waals surface area contributed by atoms with Crippen LogP contribution < -0.4 is 10.1 Å². The summed E-state index contributed by atoms with van der Waals surface area (Å²) in [5, 5.41) is 3.11. The van der Waals surface area contributed by atoms with E-state index in [-0.39, 0.29) is 23.3 Å². The third-order valence-electron chi connectivity index (χ3n) is 6.11. The van der Waals surface area contributed by atoms with Crippen molar-refractivity contribution in [2.24, 2.45) is 11.3 Å². The lowest BCUT2D eigenvalue weighted by Crippen LogP contribution is -2.58. The topological polar surface area (TPSA) is 61.9 Å². The Morgan fingerprint density at radius 1 is 1.03 bits per heavy atom. The molecule has 0 bridgehead atoms. The first kappa shape index (κ1) is 21.6. The van der Waals surface area contributed by atoms with Crippen LogP contribution in [0, 0.1) is 11.3 Å². The Hall–Kier alpha value is -2.08. The average Bonchev–Trinajstić information content (AvgIpc) is 3.22. The summed E-state index contributed by atoms with van der Waals surface area (Å²) in [6, 6.07) is 7.34. The van der Waals surface area contributed by atoms with Crippen molar-refractivity contribution >= 4 is 17.5 Å². The van der Waals surface area contributed by atoms with Gasteiger partial charge in [0.15, 0.2) is 0 Å². The number of hydrogen-bond acceptors (Lipinski definition) is 4. The highest BCUT2D eigenvalue weighted by molar-refractivity contribution is 5.95. The maximum atomic E-state index is 13.3. The van der Waals surface area contributed by atoms with Crippen LogP contribution in [-0.4, -0.2) is 60.9 Å². The third kappa shape index (κ3) is 5.30. The van der Waals surface area contributed by atoms with E-state index < -0.39 is 0 Å². The van der Waals surface area contributed by atoms with Crippen LogP contribution >= 0.6 is 0 Å². The molecule has 29 heavy (non-hydrogen) atoms. The van der Waals surface area contributed by atoms with Crippen LogP contribution in [0.5, 0.6) is 5.75 Å². The molecule has 1 saturated heterocycles. The van der Waals surface area contributed by atoms with E-state index in [4.69, 9.17) is 4.74 Å². The highest BCUT2D eigenvalue weighted by atomic mass is 16.5. The Bertz CT molecular complexity index is 697. The van der Waals surface area contributed by atoms with Gasteiger partial charge in [0, 0.05) is 37.3 Å². The summed E-state index contributed by atoms with van der Waals surface area (Å²) < 4.78 is 5.20. The van der Waals surface area contributed by atoms with Crippen LogP contribution in [0.2, 0.25) is 0 Å². The zero-order chi connectivity index (χ0) is 21.0. The molecule has 6 heteroatoms. The summed E-state index contributed by atoms with van der Waals surface area (Å²) in [6.07, 6.45) is 4.59. The minimum absolute atomic E-state index is 0.0673. The fraction of sp³-hybridized carbons (Fsp3) is 0.652. The lowest BCUT2D eigenvalue weighted by molar-refractivity contribution is -0.142. The van der Waals surface area contributed by atoms with Gasteiger partial charge in [-0.15, -0.1) is 0 Å². The molecule has 1 atom stereocenters. The zero-order valence-corrected chi connectivity index (χ0v) is 18.2. The molecule has 0 radical (unpaired) electrons. The molecule has 2 amide bonds. The van der Waals surface area contributed by atoms with Crippen LogP contribution in [0.15, 0.2) is 24.3 Å². The smallest absolute Gasteiger partial charge is 0.242 e. The standard InChI is InChI=1S/C23H35N3O3/c1-23(2,3)22(28)26-15-13-25(14-16-26)20(17-7-5-6-8-17)21(27)24-18-9-11-19(29-4)12-10-18/h9-12,17,20H,5-8,13-16H2,1-4H3,(H,24,27)/t20-/m0/s1. The molecule has 6 nitrogen and oxygen atoms in total. The van der Waals surface area contributed by atoms with Gasteiger partial charge in [0.05, 0.1) is 13.2 Å². The Morgan fingerprint density at radius 3 is 2.14 bits per heavy atom. The molecule has 1 aromatic carbocycles. The normalized spacial score (nSPS) is 19.8. The van der Waals surface area contributed by atoms with Gasteiger partial charge in [0.1, 0.15) is 5.75 Å². The second kappa shape index (κ2) is 9.16. The number of piperazine rings is 1. The lowest BCUT2D eigenvalue weighted by atomic mass is 9.93. The second-order valence-electron chi connectivity index (χ2n) is 9.29. The van der Waals surface area contributed by atoms with Crippen LogP contribution in [0.3, 0.4) is 0 Å². The molecule has 0 spiro atoms. The van der Waals surface area contributed by atoms with Gasteiger partial charge in [-0.05, 0) is 43.0 Å². The van der Waals surface area contributed by atoms with Crippen LogP contribution in [-0.2, 0) is 9.59 Å². The van der Waals surface area contributed by atoms with Gasteiger partial charge in [-0.1, -0.05) is 33.6 Å². The van der Waals surface area contributed by atoms with E-state index >= 15 is 0 Å². The van der Waals surface area contributed by atoms with Gasteiger partial charge in [-0.3, -0.25) is 14.5 Å². The zero-order valence-electron chi connectivity index (χ0n) is 18.2. The number of hydrogen-bond donors (Lipinski definition) is 1. The van der Waals surface area contributed by atoms with Gasteiger partial charge >= 0.3 is 0 Å². The average molecular weight is 402 g/mol. The van der Waals surface area contributed by atoms with Crippen molar-refractivity contribution < 1.29 is 14.3 Å². The number of carbonyl (C=O) groups excluding carboxylic acids is 2. The van der Waals surface area contributed by atoms with E-state index in [1.807, 2.05) is 49.9 Å². The van der Waals surface area contributed by atoms with Gasteiger partial charge in [0.2, 0.25) is 11.8 Å². The molecule has 0 aromatic heterocycles. The summed E-state index contributed by atoms with van der Waals surface area (Å²) in [4.78, 5) is 30.1. The van der Waals surface area contributed by atoms with E-state index in [9.17, 15) is 9.59 Å². The molecule has 1 aromatic rings. The summed E-state index contributed by atoms with van der Waals surface area (Å²) >= 11 is 0. The van der Waals surface area contributed by atoms with Crippen LogP contribution in [0.25, 0.3) is 0 Å². The largest absolute Gasteiger partial charge is 0.497 e. The van der Waals surface area contributed by atoms with Crippen molar-refractivity contribution in [3.63, 3.8) is 0 Å². The minimum Gasteiger partial charge on any atom is -0.497 e. The highest BCUT2D eigenvalue weighted by Crippen LogP contribution is 2.32. The highest BCUT2D eigenvalue weighted by Gasteiger charge is 2.38. The summed E-state index contributed by atoms with van der Waals surface area (Å²) in [6.45, 7) is 8.77. The predicted octanol–water partition coefficient (Wildman–Crippen LogP) is 3.38. The lowest BCUT2D eigenvalue weighted by Gasteiger charge is -2.42. The molecule has 160 valence electrons. The number of methoxy groups -OCH3 is 1. The molecule has 1 aliphatic carbocycles. The number of benzene rings is 1. The molecular weight excluding hydrogens is 366 g/mol. The summed E-state index contributed by atoms with van der Waals surface area (Å²) in [7, 11) is 1.63. The van der Waals surface area contributed by atoms with Gasteiger partial charge in [-0.2, -0.15) is 0 Å². The molecule has 2 aliphatic rings. The van der Waals surface area contributed by atoms with Crippen molar-refractivity contribution in [3.8, 4) is 5.75 Å². The Labute approximate surface area is 174 Å². The summed E-state index contributed by atoms with van der Waals surface area (Å²) in [5.41, 5.74) is 0.430. The molecule has 2 fully saturated rings. The second-order valence-corrected chi connectivity index (χ2v) is 9.29. The molecule has 1 heterocycles. The minimum atomic E-state index is -0.362. The van der Waals surface area contributed by atoms with Crippen molar-refractivity contribution in [2.75, 3.05) is 38.6 Å². The predicted molar refractivity (Wildman–Crippen MR) is 115 cm³/mol. The maximum Gasteiger partial charge on any atom is 0.242 e. The Kier molecular flexibility index (Phi) is 6.83. The molecular formula is C23H35N3O3. The number of ether oxygens (including phenoxy) is 1. The van der Waals surface area contributed by atoms with E-state index in [0.717, 1.165) is 37.4 Å². The van der Waals surface area contributed by atoms with E-state index in [0.29, 0.717) is 19.0 Å². The molecule has 0 unspecified atom stereocenters. The third-order valence-corrected chi connectivity index (χ3v) is 6.11. The van der Waals surface area contributed by atoms with Crippen LogP contribution in [0.1, 0.15) is 46.5 Å². The quantitative estimate of drug-likeness (QED) is 0.822. The molecule has 1 saturated carbocycles. The van der Waals surface area contributed by atoms with Gasteiger partial charge < -0.3 is 15.0 Å². The number of amides is 2. The van der Waals surface area contributed by atoms with Gasteiger partial charge in [0.25, 0.3) is 0 Å². The van der Waals surface area contributed by atoms with Gasteiger partial charge in [-0.25, -0.2) is 0 Å². The number of nitrogens with one attached hydrogen (secondary N) is 1. The maximum absolute atomic E-state index is 13.3. The van der Waals surface area contributed by atoms with Crippen molar-refractivity contribution in [1.82, 2.24) is 9.80 Å². The Morgan fingerprint density at radius 2 is 1.62 bits per heavy atom. The first-order valence-electron chi connectivity index (χ1n) is 10.8.